The lowest BCUT2D eigenvalue weighted by atomic mass is 10.0. The van der Waals surface area contributed by atoms with Gasteiger partial charge in [-0.25, -0.2) is 0 Å². The summed E-state index contributed by atoms with van der Waals surface area (Å²) in [6.07, 6.45) is -5.21. The highest BCUT2D eigenvalue weighted by molar-refractivity contribution is 5.46. The summed E-state index contributed by atoms with van der Waals surface area (Å²) in [6, 6.07) is 5.78. The summed E-state index contributed by atoms with van der Waals surface area (Å²) in [4.78, 5) is 1.87. The van der Waals surface area contributed by atoms with Gasteiger partial charge in [0.05, 0.1) is 6.42 Å². The Labute approximate surface area is 92.9 Å². The van der Waals surface area contributed by atoms with E-state index < -0.39 is 18.6 Å². The van der Waals surface area contributed by atoms with E-state index in [1.165, 1.54) is 0 Å². The third-order valence-electron chi connectivity index (χ3n) is 2.29. The Balaban J connectivity index is 2.74. The third kappa shape index (κ3) is 3.73. The number of nitrogens with two attached hydrogens (primary N) is 1. The van der Waals surface area contributed by atoms with Crippen molar-refractivity contribution >= 4 is 5.69 Å². The molecule has 2 nitrogen and oxygen atoms in total. The molecule has 1 atom stereocenters. The van der Waals surface area contributed by atoms with Gasteiger partial charge in [0.1, 0.15) is 0 Å². The predicted octanol–water partition coefficient (Wildman–Crippen LogP) is 2.70. The highest BCUT2D eigenvalue weighted by atomic mass is 19.4. The van der Waals surface area contributed by atoms with Crippen LogP contribution in [0.3, 0.4) is 0 Å². The maximum Gasteiger partial charge on any atom is 0.390 e. The molecule has 0 bridgehead atoms. The second-order valence-electron chi connectivity index (χ2n) is 3.91. The molecule has 0 saturated carbocycles. The molecule has 1 unspecified atom stereocenters. The van der Waals surface area contributed by atoms with E-state index in [4.69, 9.17) is 5.73 Å². The minimum atomic E-state index is -4.22. The number of rotatable bonds is 3. The molecular formula is C11H15F3N2. The molecule has 1 aromatic carbocycles. The summed E-state index contributed by atoms with van der Waals surface area (Å²) < 4.78 is 36.3. The number of alkyl halides is 3. The zero-order valence-electron chi connectivity index (χ0n) is 9.25. The standard InChI is InChI=1S/C11H15F3N2/c1-16(2)9-5-3-8(4-6-9)10(15)7-11(12,13)14/h3-6,10H,7,15H2,1-2H3. The van der Waals surface area contributed by atoms with Crippen LogP contribution in [0.1, 0.15) is 18.0 Å². The van der Waals surface area contributed by atoms with Crippen molar-refractivity contribution in [3.05, 3.63) is 29.8 Å². The summed E-state index contributed by atoms with van der Waals surface area (Å²) in [5, 5.41) is 0. The zero-order valence-corrected chi connectivity index (χ0v) is 9.25. The first kappa shape index (κ1) is 12.8. The molecule has 0 fully saturated rings. The lowest BCUT2D eigenvalue weighted by Crippen LogP contribution is -2.20. The number of halogens is 3. The van der Waals surface area contributed by atoms with E-state index in [2.05, 4.69) is 0 Å². The van der Waals surface area contributed by atoms with Crippen molar-refractivity contribution < 1.29 is 13.2 Å². The highest BCUT2D eigenvalue weighted by Gasteiger charge is 2.30. The third-order valence-corrected chi connectivity index (χ3v) is 2.29. The van der Waals surface area contributed by atoms with Gasteiger partial charge in [0.15, 0.2) is 0 Å². The van der Waals surface area contributed by atoms with Gasteiger partial charge in [-0.2, -0.15) is 13.2 Å². The van der Waals surface area contributed by atoms with Crippen LogP contribution >= 0.6 is 0 Å². The van der Waals surface area contributed by atoms with Gasteiger partial charge in [0, 0.05) is 25.8 Å². The van der Waals surface area contributed by atoms with E-state index >= 15 is 0 Å². The molecule has 1 aromatic rings. The normalized spacial score (nSPS) is 13.6. The van der Waals surface area contributed by atoms with Gasteiger partial charge in [-0.15, -0.1) is 0 Å². The smallest absolute Gasteiger partial charge is 0.378 e. The van der Waals surface area contributed by atoms with E-state index in [1.54, 1.807) is 24.3 Å². The summed E-state index contributed by atoms with van der Waals surface area (Å²) in [7, 11) is 3.73. The van der Waals surface area contributed by atoms with E-state index in [0.29, 0.717) is 5.56 Å². The van der Waals surface area contributed by atoms with Crippen LogP contribution in [0.25, 0.3) is 0 Å². The topological polar surface area (TPSA) is 29.3 Å². The molecule has 0 spiro atoms. The Bertz CT molecular complexity index is 330. The van der Waals surface area contributed by atoms with E-state index in [1.807, 2.05) is 19.0 Å². The van der Waals surface area contributed by atoms with E-state index in [0.717, 1.165) is 5.69 Å². The largest absolute Gasteiger partial charge is 0.390 e. The zero-order chi connectivity index (χ0) is 12.3. The lowest BCUT2D eigenvalue weighted by Gasteiger charge is -2.16. The Morgan fingerprint density at radius 2 is 1.69 bits per heavy atom. The maximum atomic E-state index is 12.1. The average molecular weight is 232 g/mol. The van der Waals surface area contributed by atoms with Crippen molar-refractivity contribution in [2.24, 2.45) is 5.73 Å². The van der Waals surface area contributed by atoms with Crippen molar-refractivity contribution in [3.8, 4) is 0 Å². The first-order chi connectivity index (χ1) is 7.29. The molecule has 1 rings (SSSR count). The molecule has 5 heteroatoms. The lowest BCUT2D eigenvalue weighted by molar-refractivity contribution is -0.138. The minimum Gasteiger partial charge on any atom is -0.378 e. The van der Waals surface area contributed by atoms with Gasteiger partial charge >= 0.3 is 6.18 Å². The Morgan fingerprint density at radius 3 is 2.06 bits per heavy atom. The van der Waals surface area contributed by atoms with Crippen LogP contribution in [0, 0.1) is 0 Å². The molecular weight excluding hydrogens is 217 g/mol. The van der Waals surface area contributed by atoms with Crippen LogP contribution in [0.5, 0.6) is 0 Å². The summed E-state index contributed by atoms with van der Waals surface area (Å²) in [5.74, 6) is 0. The predicted molar refractivity (Wildman–Crippen MR) is 58.4 cm³/mol. The molecule has 2 N–H and O–H groups in total. The van der Waals surface area contributed by atoms with E-state index in [9.17, 15) is 13.2 Å². The molecule has 0 radical (unpaired) electrons. The van der Waals surface area contributed by atoms with Crippen LogP contribution in [-0.4, -0.2) is 20.3 Å². The fourth-order valence-electron chi connectivity index (χ4n) is 1.39. The molecule has 0 aliphatic rings. The maximum absolute atomic E-state index is 12.1. The monoisotopic (exact) mass is 232 g/mol. The van der Waals surface area contributed by atoms with Gasteiger partial charge in [-0.3, -0.25) is 0 Å². The molecule has 0 heterocycles. The van der Waals surface area contributed by atoms with Crippen LogP contribution in [-0.2, 0) is 0 Å². The van der Waals surface area contributed by atoms with Crippen LogP contribution in [0.2, 0.25) is 0 Å². The number of anilines is 1. The van der Waals surface area contributed by atoms with Crippen molar-refractivity contribution in [2.75, 3.05) is 19.0 Å². The number of hydrogen-bond donors (Lipinski definition) is 1. The van der Waals surface area contributed by atoms with Gasteiger partial charge in [-0.1, -0.05) is 12.1 Å². The average Bonchev–Trinajstić information content (AvgIpc) is 2.15. The minimum absolute atomic E-state index is 0.503. The molecule has 0 aliphatic carbocycles. The van der Waals surface area contributed by atoms with Gasteiger partial charge in [-0.05, 0) is 17.7 Å². The second kappa shape index (κ2) is 4.74. The molecule has 90 valence electrons. The van der Waals surface area contributed by atoms with E-state index in [-0.39, 0.29) is 0 Å². The van der Waals surface area contributed by atoms with Crippen molar-refractivity contribution in [1.29, 1.82) is 0 Å². The fraction of sp³-hybridized carbons (Fsp3) is 0.455. The number of nitrogens with zero attached hydrogens (tertiary/aromatic N) is 1. The van der Waals surface area contributed by atoms with Crippen LogP contribution < -0.4 is 10.6 Å². The molecule has 0 saturated heterocycles. The number of benzene rings is 1. The Hall–Kier alpha value is -1.23. The quantitative estimate of drug-likeness (QED) is 0.868. The second-order valence-corrected chi connectivity index (χ2v) is 3.91. The SMILES string of the molecule is CN(C)c1ccc(C(N)CC(F)(F)F)cc1. The first-order valence-corrected chi connectivity index (χ1v) is 4.89. The summed E-state index contributed by atoms with van der Waals surface area (Å²) in [6.45, 7) is 0. The Morgan fingerprint density at radius 1 is 1.19 bits per heavy atom. The molecule has 0 aromatic heterocycles. The summed E-state index contributed by atoms with van der Waals surface area (Å²) >= 11 is 0. The van der Waals surface area contributed by atoms with Crippen molar-refractivity contribution in [1.82, 2.24) is 0 Å². The molecule has 0 aliphatic heterocycles. The van der Waals surface area contributed by atoms with Gasteiger partial charge in [0.2, 0.25) is 0 Å². The van der Waals surface area contributed by atoms with Crippen molar-refractivity contribution in [2.45, 2.75) is 18.6 Å². The fourth-order valence-corrected chi connectivity index (χ4v) is 1.39. The Kier molecular flexibility index (Phi) is 3.80. The van der Waals surface area contributed by atoms with Crippen LogP contribution in [0.15, 0.2) is 24.3 Å². The summed E-state index contributed by atoms with van der Waals surface area (Å²) in [5.41, 5.74) is 6.91. The molecule has 16 heavy (non-hydrogen) atoms. The van der Waals surface area contributed by atoms with Crippen LogP contribution in [0.4, 0.5) is 18.9 Å². The highest BCUT2D eigenvalue weighted by Crippen LogP contribution is 2.28. The van der Waals surface area contributed by atoms with Gasteiger partial charge < -0.3 is 10.6 Å². The van der Waals surface area contributed by atoms with Crippen molar-refractivity contribution in [3.63, 3.8) is 0 Å². The first-order valence-electron chi connectivity index (χ1n) is 4.89. The van der Waals surface area contributed by atoms with Gasteiger partial charge in [0.25, 0.3) is 0 Å². The number of hydrogen-bond acceptors (Lipinski definition) is 2. The molecule has 0 amide bonds.